The average Bonchev–Trinajstić information content (AvgIpc) is 2.80. The van der Waals surface area contributed by atoms with Gasteiger partial charge in [-0.25, -0.2) is 9.18 Å². The number of piperidine rings is 1. The second-order valence-corrected chi connectivity index (χ2v) is 7.49. The van der Waals surface area contributed by atoms with Crippen molar-refractivity contribution in [2.75, 3.05) is 25.0 Å². The van der Waals surface area contributed by atoms with Crippen LogP contribution in [0.4, 0.5) is 15.8 Å². The van der Waals surface area contributed by atoms with E-state index in [1.165, 1.54) is 18.3 Å². The summed E-state index contributed by atoms with van der Waals surface area (Å²) in [6, 6.07) is 11.1. The van der Waals surface area contributed by atoms with Gasteiger partial charge in [-0.05, 0) is 62.6 Å². The Hall–Kier alpha value is -3.48. The van der Waals surface area contributed by atoms with E-state index in [0.29, 0.717) is 46.5 Å². The molecular weight excluding hydrogens is 397 g/mol. The van der Waals surface area contributed by atoms with Gasteiger partial charge in [0.05, 0.1) is 28.9 Å². The van der Waals surface area contributed by atoms with Gasteiger partial charge in [0.25, 0.3) is 5.91 Å². The molecule has 0 atom stereocenters. The molecule has 3 aromatic rings. The molecule has 1 aromatic heterocycles. The highest BCUT2D eigenvalue weighted by Crippen LogP contribution is 2.31. The molecule has 0 aliphatic carbocycles. The number of pyridine rings is 1. The Morgan fingerprint density at radius 3 is 2.71 bits per heavy atom. The molecule has 6 nitrogen and oxygen atoms in total. The van der Waals surface area contributed by atoms with E-state index < -0.39 is 11.8 Å². The summed E-state index contributed by atoms with van der Waals surface area (Å²) < 4.78 is 19.2. The van der Waals surface area contributed by atoms with Gasteiger partial charge in [0, 0.05) is 30.4 Å². The maximum Gasteiger partial charge on any atom is 0.338 e. The van der Waals surface area contributed by atoms with Gasteiger partial charge < -0.3 is 15.0 Å². The highest BCUT2D eigenvalue weighted by molar-refractivity contribution is 6.08. The third-order valence-corrected chi connectivity index (χ3v) is 5.35. The first-order valence-corrected chi connectivity index (χ1v) is 10.5. The summed E-state index contributed by atoms with van der Waals surface area (Å²) in [5.41, 5.74) is 2.40. The van der Waals surface area contributed by atoms with E-state index in [9.17, 15) is 14.0 Å². The molecule has 1 aliphatic rings. The number of rotatable bonds is 5. The molecule has 0 radical (unpaired) electrons. The van der Waals surface area contributed by atoms with Crippen LogP contribution in [0.25, 0.3) is 10.9 Å². The van der Waals surface area contributed by atoms with Crippen molar-refractivity contribution < 1.29 is 18.7 Å². The fourth-order valence-corrected chi connectivity index (χ4v) is 3.81. The molecule has 4 rings (SSSR count). The Kier molecular flexibility index (Phi) is 6.11. The number of halogens is 1. The second-order valence-electron chi connectivity index (χ2n) is 7.49. The van der Waals surface area contributed by atoms with Crippen molar-refractivity contribution >= 4 is 34.2 Å². The molecule has 0 unspecified atom stereocenters. The van der Waals surface area contributed by atoms with Gasteiger partial charge in [-0.3, -0.25) is 9.78 Å². The Morgan fingerprint density at radius 1 is 1.13 bits per heavy atom. The first kappa shape index (κ1) is 20.8. The van der Waals surface area contributed by atoms with Crippen LogP contribution in [0.1, 0.15) is 46.9 Å². The van der Waals surface area contributed by atoms with E-state index in [1.807, 2.05) is 4.90 Å². The summed E-state index contributed by atoms with van der Waals surface area (Å²) in [4.78, 5) is 31.6. The standard InChI is InChI=1S/C24H24FN3O3/c1-2-31-24(30)16-7-6-8-18(13-16)27-22-19-14-17(25)9-10-21(19)26-15-20(22)23(29)28-11-4-3-5-12-28/h6-10,13-15H,2-5,11-12H2,1H3,(H,26,27). The summed E-state index contributed by atoms with van der Waals surface area (Å²) in [7, 11) is 0. The van der Waals surface area contributed by atoms with E-state index in [1.54, 1.807) is 37.3 Å². The smallest absolute Gasteiger partial charge is 0.338 e. The molecule has 160 valence electrons. The Bertz CT molecular complexity index is 1130. The maximum atomic E-state index is 14.1. The number of amides is 1. The number of nitrogens with zero attached hydrogens (tertiary/aromatic N) is 2. The number of esters is 1. The number of anilines is 2. The molecule has 7 heteroatoms. The number of likely N-dealkylation sites (tertiary alicyclic amines) is 1. The molecule has 0 saturated carbocycles. The van der Waals surface area contributed by atoms with Crippen molar-refractivity contribution in [3.05, 3.63) is 65.6 Å². The Balaban J connectivity index is 1.77. The number of benzene rings is 2. The van der Waals surface area contributed by atoms with Crippen molar-refractivity contribution in [1.82, 2.24) is 9.88 Å². The van der Waals surface area contributed by atoms with Crippen molar-refractivity contribution in [3.8, 4) is 0 Å². The van der Waals surface area contributed by atoms with E-state index >= 15 is 0 Å². The molecule has 2 aromatic carbocycles. The Morgan fingerprint density at radius 2 is 1.94 bits per heavy atom. The first-order valence-electron chi connectivity index (χ1n) is 10.5. The monoisotopic (exact) mass is 421 g/mol. The van der Waals surface area contributed by atoms with Gasteiger partial charge in [-0.1, -0.05) is 6.07 Å². The minimum atomic E-state index is -0.429. The van der Waals surface area contributed by atoms with E-state index in [4.69, 9.17) is 4.74 Å². The number of nitrogens with one attached hydrogen (secondary N) is 1. The molecule has 1 fully saturated rings. The van der Waals surface area contributed by atoms with Crippen LogP contribution in [0.2, 0.25) is 0 Å². The minimum absolute atomic E-state index is 0.137. The summed E-state index contributed by atoms with van der Waals surface area (Å²) >= 11 is 0. The largest absolute Gasteiger partial charge is 0.462 e. The van der Waals surface area contributed by atoms with Crippen LogP contribution in [-0.4, -0.2) is 41.5 Å². The van der Waals surface area contributed by atoms with Crippen LogP contribution in [0.3, 0.4) is 0 Å². The lowest BCUT2D eigenvalue weighted by Crippen LogP contribution is -2.36. The summed E-state index contributed by atoms with van der Waals surface area (Å²) in [6.45, 7) is 3.41. The molecule has 2 heterocycles. The van der Waals surface area contributed by atoms with Crippen LogP contribution in [0.15, 0.2) is 48.7 Å². The SMILES string of the molecule is CCOC(=O)c1cccc(Nc2c(C(=O)N3CCCCC3)cnc3ccc(F)cc23)c1. The predicted molar refractivity (Wildman–Crippen MR) is 117 cm³/mol. The minimum Gasteiger partial charge on any atom is -0.462 e. The van der Waals surface area contributed by atoms with Crippen LogP contribution in [0, 0.1) is 5.82 Å². The molecule has 0 bridgehead atoms. The third kappa shape index (κ3) is 4.50. The zero-order valence-corrected chi connectivity index (χ0v) is 17.4. The lowest BCUT2D eigenvalue weighted by molar-refractivity contribution is 0.0526. The van der Waals surface area contributed by atoms with E-state index in [0.717, 1.165) is 19.3 Å². The second kappa shape index (κ2) is 9.12. The summed E-state index contributed by atoms with van der Waals surface area (Å²) in [5, 5.41) is 3.74. The fraction of sp³-hybridized carbons (Fsp3) is 0.292. The zero-order valence-electron chi connectivity index (χ0n) is 17.4. The Labute approximate surface area is 180 Å². The van der Waals surface area contributed by atoms with Gasteiger partial charge in [0.15, 0.2) is 0 Å². The highest BCUT2D eigenvalue weighted by Gasteiger charge is 2.23. The van der Waals surface area contributed by atoms with Crippen molar-refractivity contribution in [3.63, 3.8) is 0 Å². The number of aromatic nitrogens is 1. The van der Waals surface area contributed by atoms with Crippen LogP contribution in [-0.2, 0) is 4.74 Å². The quantitative estimate of drug-likeness (QED) is 0.592. The molecule has 0 spiro atoms. The molecule has 1 amide bonds. The highest BCUT2D eigenvalue weighted by atomic mass is 19.1. The number of hydrogen-bond donors (Lipinski definition) is 1. The lowest BCUT2D eigenvalue weighted by atomic mass is 10.1. The molecule has 31 heavy (non-hydrogen) atoms. The molecule has 1 saturated heterocycles. The lowest BCUT2D eigenvalue weighted by Gasteiger charge is -2.27. The van der Waals surface area contributed by atoms with Crippen molar-refractivity contribution in [2.45, 2.75) is 26.2 Å². The van der Waals surface area contributed by atoms with Crippen LogP contribution >= 0.6 is 0 Å². The van der Waals surface area contributed by atoms with Crippen molar-refractivity contribution in [2.24, 2.45) is 0 Å². The molecule has 1 N–H and O–H groups in total. The first-order chi connectivity index (χ1) is 15.1. The molecule has 1 aliphatic heterocycles. The zero-order chi connectivity index (χ0) is 21.8. The van der Waals surface area contributed by atoms with Gasteiger partial charge in [0.2, 0.25) is 0 Å². The van der Waals surface area contributed by atoms with Gasteiger partial charge in [-0.15, -0.1) is 0 Å². The summed E-state index contributed by atoms with van der Waals surface area (Å²) in [6.07, 6.45) is 4.57. The fourth-order valence-electron chi connectivity index (χ4n) is 3.81. The van der Waals surface area contributed by atoms with Crippen LogP contribution < -0.4 is 5.32 Å². The maximum absolute atomic E-state index is 14.1. The predicted octanol–water partition coefficient (Wildman–Crippen LogP) is 4.92. The number of hydrogen-bond acceptors (Lipinski definition) is 5. The van der Waals surface area contributed by atoms with Crippen LogP contribution in [0.5, 0.6) is 0 Å². The average molecular weight is 421 g/mol. The number of fused-ring (bicyclic) bond motifs is 1. The molecular formula is C24H24FN3O3. The van der Waals surface area contributed by atoms with Gasteiger partial charge >= 0.3 is 5.97 Å². The van der Waals surface area contributed by atoms with E-state index in [-0.39, 0.29) is 12.5 Å². The summed E-state index contributed by atoms with van der Waals surface area (Å²) in [5.74, 6) is -0.982. The third-order valence-electron chi connectivity index (χ3n) is 5.35. The van der Waals surface area contributed by atoms with E-state index in [2.05, 4.69) is 10.3 Å². The number of carbonyl (C=O) groups is 2. The van der Waals surface area contributed by atoms with Crippen molar-refractivity contribution in [1.29, 1.82) is 0 Å². The topological polar surface area (TPSA) is 71.5 Å². The van der Waals surface area contributed by atoms with Gasteiger partial charge in [0.1, 0.15) is 5.82 Å². The number of carbonyl (C=O) groups excluding carboxylic acids is 2. The normalized spacial score (nSPS) is 13.8. The van der Waals surface area contributed by atoms with Gasteiger partial charge in [-0.2, -0.15) is 0 Å². The number of ether oxygens (including phenoxy) is 1.